The third kappa shape index (κ3) is 4.16. The third-order valence-corrected chi connectivity index (χ3v) is 3.05. The Morgan fingerprint density at radius 1 is 1.19 bits per heavy atom. The molecule has 21 heavy (non-hydrogen) atoms. The molecule has 0 atom stereocenters. The van der Waals surface area contributed by atoms with Crippen LogP contribution in [0, 0.1) is 0 Å². The fraction of sp³-hybridized carbons (Fsp3) is 0.375. The molecule has 0 bridgehead atoms. The molecular weight excluding hydrogens is 266 g/mol. The minimum atomic E-state index is 0.0903. The van der Waals surface area contributed by atoms with Gasteiger partial charge in [-0.25, -0.2) is 4.98 Å². The third-order valence-electron chi connectivity index (χ3n) is 3.05. The van der Waals surface area contributed by atoms with Crippen molar-refractivity contribution in [3.05, 3.63) is 41.7 Å². The van der Waals surface area contributed by atoms with Gasteiger partial charge < -0.3 is 15.2 Å². The maximum atomic E-state index is 9.12. The minimum absolute atomic E-state index is 0.0903. The van der Waals surface area contributed by atoms with E-state index < -0.39 is 0 Å². The number of anilines is 1. The molecule has 0 aliphatic heterocycles. The first-order valence-electron chi connectivity index (χ1n) is 7.19. The van der Waals surface area contributed by atoms with Gasteiger partial charge in [0, 0.05) is 26.1 Å². The number of aryl methyl sites for hydroxylation is 1. The fourth-order valence-electron chi connectivity index (χ4n) is 2.03. The molecule has 112 valence electrons. The monoisotopic (exact) mass is 287 g/mol. The molecule has 5 nitrogen and oxygen atoms in total. The Morgan fingerprint density at radius 2 is 2.00 bits per heavy atom. The van der Waals surface area contributed by atoms with Crippen LogP contribution in [-0.2, 0) is 12.8 Å². The van der Waals surface area contributed by atoms with Crippen LogP contribution in [0.5, 0.6) is 11.6 Å². The topological polar surface area (TPSA) is 67.3 Å². The Bertz CT molecular complexity index is 587. The Hall–Kier alpha value is -2.14. The van der Waals surface area contributed by atoms with Crippen LogP contribution in [0.3, 0.4) is 0 Å². The SMILES string of the molecule is CCCc1nc(NC)cc(Oc2ccccc2CCO)n1. The molecule has 1 aromatic carbocycles. The van der Waals surface area contributed by atoms with Gasteiger partial charge in [-0.2, -0.15) is 4.98 Å². The van der Waals surface area contributed by atoms with Gasteiger partial charge in [0.2, 0.25) is 5.88 Å². The van der Waals surface area contributed by atoms with E-state index in [1.54, 1.807) is 6.07 Å². The summed E-state index contributed by atoms with van der Waals surface area (Å²) in [5, 5.41) is 12.1. The molecule has 2 N–H and O–H groups in total. The minimum Gasteiger partial charge on any atom is -0.439 e. The predicted octanol–water partition coefficient (Wildman–Crippen LogP) is 2.80. The van der Waals surface area contributed by atoms with Crippen molar-refractivity contribution in [3.63, 3.8) is 0 Å². The number of hydrogen-bond acceptors (Lipinski definition) is 5. The van der Waals surface area contributed by atoms with E-state index in [1.807, 2.05) is 31.3 Å². The van der Waals surface area contributed by atoms with Crippen molar-refractivity contribution >= 4 is 5.82 Å². The van der Waals surface area contributed by atoms with Gasteiger partial charge in [0.15, 0.2) is 0 Å². The standard InChI is InChI=1S/C16H21N3O2/c1-3-6-14-18-15(17-2)11-16(19-14)21-13-8-5-4-7-12(13)9-10-20/h4-5,7-8,11,20H,3,6,9-10H2,1-2H3,(H,17,18,19). The van der Waals surface area contributed by atoms with Gasteiger partial charge in [-0.15, -0.1) is 0 Å². The largest absolute Gasteiger partial charge is 0.439 e. The van der Waals surface area contributed by atoms with Gasteiger partial charge in [0.05, 0.1) is 0 Å². The zero-order valence-corrected chi connectivity index (χ0v) is 12.5. The molecule has 0 saturated carbocycles. The molecule has 5 heteroatoms. The number of ether oxygens (including phenoxy) is 1. The zero-order chi connectivity index (χ0) is 15.1. The van der Waals surface area contributed by atoms with Crippen molar-refractivity contribution in [1.29, 1.82) is 0 Å². The molecule has 2 rings (SSSR count). The quantitative estimate of drug-likeness (QED) is 0.819. The van der Waals surface area contributed by atoms with Crippen LogP contribution in [0.25, 0.3) is 0 Å². The molecule has 1 heterocycles. The van der Waals surface area contributed by atoms with Gasteiger partial charge in [-0.3, -0.25) is 0 Å². The van der Waals surface area contributed by atoms with Crippen LogP contribution in [0.2, 0.25) is 0 Å². The molecular formula is C16H21N3O2. The smallest absolute Gasteiger partial charge is 0.224 e. The maximum absolute atomic E-state index is 9.12. The zero-order valence-electron chi connectivity index (χ0n) is 12.5. The number of aliphatic hydroxyl groups excluding tert-OH is 1. The molecule has 0 amide bonds. The van der Waals surface area contributed by atoms with Crippen molar-refractivity contribution in [2.24, 2.45) is 0 Å². The number of hydrogen-bond donors (Lipinski definition) is 2. The van der Waals surface area contributed by atoms with Crippen molar-refractivity contribution in [1.82, 2.24) is 9.97 Å². The normalized spacial score (nSPS) is 10.4. The average molecular weight is 287 g/mol. The van der Waals surface area contributed by atoms with Crippen LogP contribution in [0.1, 0.15) is 24.7 Å². The first-order chi connectivity index (χ1) is 10.3. The Morgan fingerprint density at radius 3 is 2.71 bits per heavy atom. The van der Waals surface area contributed by atoms with Gasteiger partial charge in [-0.1, -0.05) is 25.1 Å². The lowest BCUT2D eigenvalue weighted by atomic mass is 10.1. The van der Waals surface area contributed by atoms with Crippen molar-refractivity contribution in [2.45, 2.75) is 26.2 Å². The Labute approximate surface area is 125 Å². The van der Waals surface area contributed by atoms with Crippen LogP contribution >= 0.6 is 0 Å². The van der Waals surface area contributed by atoms with Crippen molar-refractivity contribution in [3.8, 4) is 11.6 Å². The average Bonchev–Trinajstić information content (AvgIpc) is 2.49. The number of nitrogens with zero attached hydrogens (tertiary/aromatic N) is 2. The molecule has 0 aliphatic rings. The number of benzene rings is 1. The van der Waals surface area contributed by atoms with Crippen LogP contribution in [-0.4, -0.2) is 28.7 Å². The van der Waals surface area contributed by atoms with E-state index in [0.29, 0.717) is 12.3 Å². The summed E-state index contributed by atoms with van der Waals surface area (Å²) in [5.41, 5.74) is 0.960. The van der Waals surface area contributed by atoms with E-state index in [9.17, 15) is 0 Å². The summed E-state index contributed by atoms with van der Waals surface area (Å²) in [6.45, 7) is 2.18. The highest BCUT2D eigenvalue weighted by molar-refractivity contribution is 5.41. The number of aliphatic hydroxyl groups is 1. The van der Waals surface area contributed by atoms with Gasteiger partial charge in [0.1, 0.15) is 17.4 Å². The molecule has 0 spiro atoms. The summed E-state index contributed by atoms with van der Waals surface area (Å²) in [7, 11) is 1.82. The molecule has 0 fully saturated rings. The lowest BCUT2D eigenvalue weighted by molar-refractivity contribution is 0.297. The van der Waals surface area contributed by atoms with E-state index in [2.05, 4.69) is 22.2 Å². The lowest BCUT2D eigenvalue weighted by Gasteiger charge is -2.11. The molecule has 1 aromatic heterocycles. The van der Waals surface area contributed by atoms with Gasteiger partial charge >= 0.3 is 0 Å². The highest BCUT2D eigenvalue weighted by Gasteiger charge is 2.08. The van der Waals surface area contributed by atoms with E-state index >= 15 is 0 Å². The Balaban J connectivity index is 2.28. The lowest BCUT2D eigenvalue weighted by Crippen LogP contribution is -2.03. The Kier molecular flexibility index (Phi) is 5.51. The fourth-order valence-corrected chi connectivity index (χ4v) is 2.03. The number of para-hydroxylation sites is 1. The van der Waals surface area contributed by atoms with E-state index in [0.717, 1.165) is 35.8 Å². The first kappa shape index (κ1) is 15.3. The van der Waals surface area contributed by atoms with Crippen molar-refractivity contribution < 1.29 is 9.84 Å². The van der Waals surface area contributed by atoms with Crippen LogP contribution in [0.15, 0.2) is 30.3 Å². The van der Waals surface area contributed by atoms with E-state index in [1.165, 1.54) is 0 Å². The number of aromatic nitrogens is 2. The molecule has 0 aliphatic carbocycles. The first-order valence-corrected chi connectivity index (χ1v) is 7.19. The molecule has 0 radical (unpaired) electrons. The van der Waals surface area contributed by atoms with Crippen molar-refractivity contribution in [2.75, 3.05) is 19.0 Å². The number of rotatable bonds is 7. The highest BCUT2D eigenvalue weighted by Crippen LogP contribution is 2.25. The molecule has 0 unspecified atom stereocenters. The summed E-state index contributed by atoms with van der Waals surface area (Å²) in [6.07, 6.45) is 2.35. The summed E-state index contributed by atoms with van der Waals surface area (Å²) in [4.78, 5) is 8.83. The second-order valence-electron chi connectivity index (χ2n) is 4.69. The maximum Gasteiger partial charge on any atom is 0.224 e. The summed E-state index contributed by atoms with van der Waals surface area (Å²) in [6, 6.07) is 9.43. The molecule has 2 aromatic rings. The second-order valence-corrected chi connectivity index (χ2v) is 4.69. The highest BCUT2D eigenvalue weighted by atomic mass is 16.5. The predicted molar refractivity (Wildman–Crippen MR) is 82.9 cm³/mol. The second kappa shape index (κ2) is 7.59. The van der Waals surface area contributed by atoms with E-state index in [4.69, 9.17) is 9.84 Å². The number of nitrogens with one attached hydrogen (secondary N) is 1. The van der Waals surface area contributed by atoms with Gasteiger partial charge in [0.25, 0.3) is 0 Å². The van der Waals surface area contributed by atoms with Gasteiger partial charge in [-0.05, 0) is 24.5 Å². The summed E-state index contributed by atoms with van der Waals surface area (Å²) >= 11 is 0. The summed E-state index contributed by atoms with van der Waals surface area (Å²) < 4.78 is 5.89. The summed E-state index contributed by atoms with van der Waals surface area (Å²) in [5.74, 6) is 2.74. The molecule has 0 saturated heterocycles. The van der Waals surface area contributed by atoms with Crippen LogP contribution < -0.4 is 10.1 Å². The van der Waals surface area contributed by atoms with E-state index in [-0.39, 0.29) is 6.61 Å². The van der Waals surface area contributed by atoms with Crippen LogP contribution in [0.4, 0.5) is 5.82 Å².